The van der Waals surface area contributed by atoms with Crippen molar-refractivity contribution in [3.8, 4) is 40.3 Å². The number of allylic oxidation sites excluding steroid dienone is 8. The minimum Gasteiger partial charge on any atom is -0.457 e. The summed E-state index contributed by atoms with van der Waals surface area (Å²) < 4.78 is 6.72. The zero-order valence-electron chi connectivity index (χ0n) is 30.4. The van der Waals surface area contributed by atoms with Crippen LogP contribution in [0.4, 0.5) is 0 Å². The molecule has 7 aromatic rings. The monoisotopic (exact) mass is 708 g/mol. The highest BCUT2D eigenvalue weighted by Crippen LogP contribution is 2.56. The van der Waals surface area contributed by atoms with Crippen molar-refractivity contribution in [1.82, 2.24) is 15.0 Å². The Balaban J connectivity index is 1.23. The third-order valence-corrected chi connectivity index (χ3v) is 11.3. The van der Waals surface area contributed by atoms with E-state index in [2.05, 4.69) is 152 Å². The maximum Gasteiger partial charge on any atom is 0.164 e. The molecule has 3 aliphatic rings. The molecule has 1 aromatic heterocycles. The molecule has 2 aliphatic carbocycles. The van der Waals surface area contributed by atoms with Crippen molar-refractivity contribution in [3.05, 3.63) is 192 Å². The molecule has 55 heavy (non-hydrogen) atoms. The molecule has 0 spiro atoms. The van der Waals surface area contributed by atoms with Gasteiger partial charge in [-0.15, -0.1) is 0 Å². The van der Waals surface area contributed by atoms with Crippen LogP contribution >= 0.6 is 0 Å². The Morgan fingerprint density at radius 2 is 1.36 bits per heavy atom. The maximum atomic E-state index is 9.87. The number of rotatable bonds is 5. The summed E-state index contributed by atoms with van der Waals surface area (Å²) in [6.45, 7) is 1.95. The van der Waals surface area contributed by atoms with Crippen LogP contribution in [0.25, 0.3) is 49.9 Å². The van der Waals surface area contributed by atoms with Gasteiger partial charge in [0.2, 0.25) is 0 Å². The molecule has 5 nitrogen and oxygen atoms in total. The van der Waals surface area contributed by atoms with Gasteiger partial charge in [-0.1, -0.05) is 134 Å². The zero-order chi connectivity index (χ0) is 37.0. The van der Waals surface area contributed by atoms with Crippen molar-refractivity contribution in [1.29, 1.82) is 5.26 Å². The summed E-state index contributed by atoms with van der Waals surface area (Å²) in [5.74, 6) is 3.38. The van der Waals surface area contributed by atoms with Crippen LogP contribution in [-0.2, 0) is 5.41 Å². The van der Waals surface area contributed by atoms with Gasteiger partial charge < -0.3 is 4.74 Å². The van der Waals surface area contributed by atoms with Crippen LogP contribution in [0.1, 0.15) is 48.7 Å². The molecule has 10 rings (SSSR count). The molecule has 0 saturated heterocycles. The Bertz CT molecular complexity index is 2860. The third kappa shape index (κ3) is 5.33. The van der Waals surface area contributed by atoms with Crippen LogP contribution in [0.3, 0.4) is 0 Å². The van der Waals surface area contributed by atoms with Gasteiger partial charge in [0.1, 0.15) is 11.5 Å². The van der Waals surface area contributed by atoms with E-state index in [-0.39, 0.29) is 0 Å². The standard InChI is InChI=1S/C50H36N4O/c1-49(32-51)28-26-33(27-29-49)46-52-47(54-48(53-46)41-30-34-14-8-9-19-38(34)39-20-10-11-21-40(39)41)35-24-25-45-43(31-35)50(36-15-4-2-5-16-36,37-17-6-3-7-18-37)42-22-12-13-23-44(42)55-45/h2,4-6,8-28,30-31H,3,7,29H2,1H3. The SMILES string of the molecule is CC1(C#N)C=CC(c2nc(-c3ccc4c(c3)C(C3=CCCC=C3)(c3ccccc3)c3ccccc3O4)nc(-c3cc4ccccc4c4ccccc34)n2)=CC1. The molecule has 6 aromatic carbocycles. The number of hydrogen-bond acceptors (Lipinski definition) is 5. The van der Waals surface area contributed by atoms with Gasteiger partial charge in [-0.3, -0.25) is 0 Å². The molecule has 2 unspecified atom stereocenters. The van der Waals surface area contributed by atoms with Crippen LogP contribution in [-0.4, -0.2) is 15.0 Å². The van der Waals surface area contributed by atoms with E-state index in [1.807, 2.05) is 25.1 Å². The first-order chi connectivity index (χ1) is 27.0. The lowest BCUT2D eigenvalue weighted by Gasteiger charge is -2.42. The number of nitriles is 1. The smallest absolute Gasteiger partial charge is 0.164 e. The third-order valence-electron chi connectivity index (χ3n) is 11.3. The number of hydrogen-bond donors (Lipinski definition) is 0. The fourth-order valence-electron chi connectivity index (χ4n) is 8.52. The molecule has 1 aliphatic heterocycles. The van der Waals surface area contributed by atoms with Gasteiger partial charge in [-0.2, -0.15) is 5.26 Å². The second-order valence-corrected chi connectivity index (χ2v) is 14.8. The van der Waals surface area contributed by atoms with Gasteiger partial charge in [0.05, 0.1) is 16.9 Å². The Morgan fingerprint density at radius 3 is 2.16 bits per heavy atom. The topological polar surface area (TPSA) is 71.7 Å². The fraction of sp³-hybridized carbons (Fsp3) is 0.120. The minimum atomic E-state index is -0.637. The van der Waals surface area contributed by atoms with Crippen LogP contribution in [0.2, 0.25) is 0 Å². The molecule has 2 atom stereocenters. The zero-order valence-corrected chi connectivity index (χ0v) is 30.4. The summed E-state index contributed by atoms with van der Waals surface area (Å²) in [5.41, 5.74) is 5.98. The molecule has 0 bridgehead atoms. The molecule has 262 valence electrons. The van der Waals surface area contributed by atoms with Crippen molar-refractivity contribution in [2.45, 2.75) is 31.6 Å². The number of fused-ring (bicyclic) bond motifs is 5. The van der Waals surface area contributed by atoms with E-state index >= 15 is 0 Å². The molecule has 5 heteroatoms. The van der Waals surface area contributed by atoms with Crippen LogP contribution in [0.5, 0.6) is 11.5 Å². The minimum absolute atomic E-state index is 0.567. The van der Waals surface area contributed by atoms with Crippen LogP contribution < -0.4 is 4.74 Å². The quantitative estimate of drug-likeness (QED) is 0.166. The van der Waals surface area contributed by atoms with E-state index in [9.17, 15) is 5.26 Å². The lowest BCUT2D eigenvalue weighted by molar-refractivity contribution is 0.434. The molecular formula is C50H36N4O. The van der Waals surface area contributed by atoms with Gasteiger partial charge in [0.25, 0.3) is 0 Å². The second kappa shape index (κ2) is 12.9. The van der Waals surface area contributed by atoms with E-state index in [4.69, 9.17) is 19.7 Å². The van der Waals surface area contributed by atoms with Gasteiger partial charge in [-0.05, 0) is 89.2 Å². The van der Waals surface area contributed by atoms with Crippen molar-refractivity contribution in [2.75, 3.05) is 0 Å². The predicted octanol–water partition coefficient (Wildman–Crippen LogP) is 12.1. The van der Waals surface area contributed by atoms with E-state index in [1.165, 1.54) is 16.5 Å². The predicted molar refractivity (Wildman–Crippen MR) is 220 cm³/mol. The van der Waals surface area contributed by atoms with Crippen LogP contribution in [0.15, 0.2) is 169 Å². The molecule has 2 heterocycles. The molecule has 0 fully saturated rings. The molecule has 0 saturated carbocycles. The highest BCUT2D eigenvalue weighted by molar-refractivity contribution is 6.13. The number of para-hydroxylation sites is 1. The lowest BCUT2D eigenvalue weighted by atomic mass is 9.62. The summed E-state index contributed by atoms with van der Waals surface area (Å²) in [6.07, 6.45) is 15.5. The summed E-state index contributed by atoms with van der Waals surface area (Å²) in [7, 11) is 0. The molecule has 0 radical (unpaired) electrons. The summed E-state index contributed by atoms with van der Waals surface area (Å²) in [6, 6.07) is 47.1. The van der Waals surface area contributed by atoms with Gasteiger partial charge in [-0.25, -0.2) is 15.0 Å². The largest absolute Gasteiger partial charge is 0.457 e. The fourth-order valence-corrected chi connectivity index (χ4v) is 8.52. The number of benzene rings is 6. The van der Waals surface area contributed by atoms with Crippen molar-refractivity contribution >= 4 is 27.1 Å². The summed E-state index contributed by atoms with van der Waals surface area (Å²) in [4.78, 5) is 15.7. The number of ether oxygens (including phenoxy) is 1. The Morgan fingerprint density at radius 1 is 0.636 bits per heavy atom. The van der Waals surface area contributed by atoms with E-state index < -0.39 is 10.8 Å². The number of aromatic nitrogens is 3. The first-order valence-corrected chi connectivity index (χ1v) is 18.9. The van der Waals surface area contributed by atoms with E-state index in [0.717, 1.165) is 68.3 Å². The van der Waals surface area contributed by atoms with E-state index in [0.29, 0.717) is 23.9 Å². The molecule has 0 amide bonds. The van der Waals surface area contributed by atoms with Gasteiger partial charge >= 0.3 is 0 Å². The molecule has 0 N–H and O–H groups in total. The molecular weight excluding hydrogens is 673 g/mol. The average Bonchev–Trinajstić information content (AvgIpc) is 3.26. The first-order valence-electron chi connectivity index (χ1n) is 18.9. The van der Waals surface area contributed by atoms with Crippen molar-refractivity contribution < 1.29 is 4.74 Å². The maximum absolute atomic E-state index is 9.87. The van der Waals surface area contributed by atoms with E-state index in [1.54, 1.807) is 0 Å². The van der Waals surface area contributed by atoms with Crippen LogP contribution in [0, 0.1) is 16.7 Å². The summed E-state index contributed by atoms with van der Waals surface area (Å²) >= 11 is 0. The Kier molecular flexibility index (Phi) is 7.67. The highest BCUT2D eigenvalue weighted by Gasteiger charge is 2.46. The first kappa shape index (κ1) is 32.7. The Hall–Kier alpha value is -6.90. The normalized spacial score (nSPS) is 19.9. The Labute approximate surface area is 320 Å². The number of nitrogens with zero attached hydrogens (tertiary/aromatic N) is 4. The lowest BCUT2D eigenvalue weighted by Crippen LogP contribution is -2.35. The summed E-state index contributed by atoms with van der Waals surface area (Å²) in [5, 5.41) is 14.4. The highest BCUT2D eigenvalue weighted by atomic mass is 16.5. The van der Waals surface area contributed by atoms with Crippen molar-refractivity contribution in [2.24, 2.45) is 5.41 Å². The van der Waals surface area contributed by atoms with Crippen molar-refractivity contribution in [3.63, 3.8) is 0 Å². The van der Waals surface area contributed by atoms with Gasteiger partial charge in [0.15, 0.2) is 17.5 Å². The second-order valence-electron chi connectivity index (χ2n) is 14.8. The average molecular weight is 709 g/mol. The van der Waals surface area contributed by atoms with Gasteiger partial charge in [0, 0.05) is 27.8 Å².